The maximum atomic E-state index is 4.25. The van der Waals surface area contributed by atoms with Gasteiger partial charge in [-0.25, -0.2) is 0 Å². The first kappa shape index (κ1) is 13.6. The van der Waals surface area contributed by atoms with E-state index in [2.05, 4.69) is 66.7 Å². The summed E-state index contributed by atoms with van der Waals surface area (Å²) < 4.78 is 1.20. The van der Waals surface area contributed by atoms with Crippen LogP contribution in [0.5, 0.6) is 0 Å². The van der Waals surface area contributed by atoms with Gasteiger partial charge in [-0.15, -0.1) is 0 Å². The van der Waals surface area contributed by atoms with E-state index in [-0.39, 0.29) is 5.41 Å². The van der Waals surface area contributed by atoms with E-state index in [1.54, 1.807) is 0 Å². The van der Waals surface area contributed by atoms with Crippen molar-refractivity contribution < 1.29 is 0 Å². The maximum absolute atomic E-state index is 4.25. The van der Waals surface area contributed by atoms with Crippen LogP contribution in [0.25, 0.3) is 0 Å². The second-order valence-corrected chi connectivity index (χ2v) is 6.61. The lowest BCUT2D eigenvalue weighted by Crippen LogP contribution is -2.20. The van der Waals surface area contributed by atoms with Crippen LogP contribution in [-0.2, 0) is 6.42 Å². The van der Waals surface area contributed by atoms with Crippen molar-refractivity contribution in [2.24, 2.45) is 5.41 Å². The van der Waals surface area contributed by atoms with E-state index in [9.17, 15) is 0 Å². The van der Waals surface area contributed by atoms with Gasteiger partial charge in [0.2, 0.25) is 0 Å². The Kier molecular flexibility index (Phi) is 4.11. The summed E-state index contributed by atoms with van der Waals surface area (Å²) in [4.78, 5) is 0. The van der Waals surface area contributed by atoms with Gasteiger partial charge < -0.3 is 0 Å². The molecule has 96 valence electrons. The molecule has 0 aromatic heterocycles. The first-order chi connectivity index (χ1) is 8.50. The highest BCUT2D eigenvalue weighted by atomic mass is 79.9. The molecular formula is C17H21Br. The van der Waals surface area contributed by atoms with E-state index in [4.69, 9.17) is 0 Å². The summed E-state index contributed by atoms with van der Waals surface area (Å²) in [5.74, 6) is 0. The number of allylic oxidation sites excluding steroid dienone is 3. The molecule has 1 aliphatic carbocycles. The Balaban J connectivity index is 2.22. The molecule has 18 heavy (non-hydrogen) atoms. The van der Waals surface area contributed by atoms with Crippen molar-refractivity contribution in [2.45, 2.75) is 39.5 Å². The van der Waals surface area contributed by atoms with E-state index < -0.39 is 0 Å². The molecule has 0 nitrogen and oxygen atoms in total. The van der Waals surface area contributed by atoms with Gasteiger partial charge in [-0.1, -0.05) is 66.2 Å². The maximum Gasteiger partial charge on any atom is 0.0210 e. The minimum Gasteiger partial charge on any atom is -0.0955 e. The highest BCUT2D eigenvalue weighted by Gasteiger charge is 2.28. The van der Waals surface area contributed by atoms with Gasteiger partial charge in [0.15, 0.2) is 0 Å². The summed E-state index contributed by atoms with van der Waals surface area (Å²) in [7, 11) is 0. The largest absolute Gasteiger partial charge is 0.0955 e. The van der Waals surface area contributed by atoms with Crippen LogP contribution in [0.2, 0.25) is 0 Å². The number of halogens is 1. The van der Waals surface area contributed by atoms with Gasteiger partial charge in [-0.2, -0.15) is 0 Å². The quantitative estimate of drug-likeness (QED) is 0.659. The summed E-state index contributed by atoms with van der Waals surface area (Å²) in [6.45, 7) is 8.92. The smallest absolute Gasteiger partial charge is 0.0210 e. The number of hydrogen-bond donors (Lipinski definition) is 0. The van der Waals surface area contributed by atoms with Gasteiger partial charge in [-0.05, 0) is 48.3 Å². The predicted octanol–water partition coefficient (Wildman–Crippen LogP) is 5.68. The third-order valence-corrected chi connectivity index (χ3v) is 4.65. The van der Waals surface area contributed by atoms with Crippen LogP contribution < -0.4 is 0 Å². The van der Waals surface area contributed by atoms with Crippen LogP contribution >= 0.6 is 15.9 Å². The molecule has 0 N–H and O–H groups in total. The lowest BCUT2D eigenvalue weighted by Gasteiger charge is -2.34. The topological polar surface area (TPSA) is 0 Å². The lowest BCUT2D eigenvalue weighted by atomic mass is 9.71. The predicted molar refractivity (Wildman–Crippen MR) is 82.7 cm³/mol. The van der Waals surface area contributed by atoms with E-state index in [0.29, 0.717) is 0 Å². The van der Waals surface area contributed by atoms with Crippen LogP contribution in [0, 0.1) is 5.41 Å². The molecule has 0 heterocycles. The third-order valence-electron chi connectivity index (χ3n) is 3.87. The van der Waals surface area contributed by atoms with E-state index in [1.165, 1.54) is 34.0 Å². The summed E-state index contributed by atoms with van der Waals surface area (Å²) in [5.41, 5.74) is 4.43. The van der Waals surface area contributed by atoms with Crippen LogP contribution in [0.3, 0.4) is 0 Å². The molecule has 0 amide bonds. The molecule has 1 saturated carbocycles. The van der Waals surface area contributed by atoms with Crippen LogP contribution in [0.1, 0.15) is 38.7 Å². The van der Waals surface area contributed by atoms with Crippen molar-refractivity contribution >= 4 is 15.9 Å². The molecule has 0 spiro atoms. The summed E-state index contributed by atoms with van der Waals surface area (Å²) >= 11 is 3.61. The van der Waals surface area contributed by atoms with Crippen molar-refractivity contribution in [1.82, 2.24) is 0 Å². The summed E-state index contributed by atoms with van der Waals surface area (Å²) in [6, 6.07) is 8.44. The minimum atomic E-state index is 0.288. The molecule has 1 heteroatoms. The Morgan fingerprint density at radius 1 is 1.33 bits per heavy atom. The van der Waals surface area contributed by atoms with Gasteiger partial charge in [-0.3, -0.25) is 0 Å². The van der Waals surface area contributed by atoms with E-state index in [1.807, 2.05) is 0 Å². The second-order valence-electron chi connectivity index (χ2n) is 5.75. The molecule has 0 atom stereocenters. The van der Waals surface area contributed by atoms with Gasteiger partial charge in [0.1, 0.15) is 0 Å². The molecular weight excluding hydrogens is 284 g/mol. The normalized spacial score (nSPS) is 21.3. The highest BCUT2D eigenvalue weighted by Crippen LogP contribution is 2.42. The zero-order valence-corrected chi connectivity index (χ0v) is 12.9. The standard InChI is InChI=1S/C17H21Br/c1-13-7-6-12-17(2,3)15(13)11-10-14-8-4-5-9-16(14)18/h4-5,8-9,11H,1,6-7,10,12H2,2-3H3/b15-11+. The molecule has 2 rings (SSSR count). The first-order valence-corrected chi connectivity index (χ1v) is 7.42. The fourth-order valence-corrected chi connectivity index (χ4v) is 3.23. The van der Waals surface area contributed by atoms with Crippen LogP contribution in [-0.4, -0.2) is 0 Å². The molecule has 1 aromatic carbocycles. The van der Waals surface area contributed by atoms with Crippen molar-refractivity contribution in [1.29, 1.82) is 0 Å². The van der Waals surface area contributed by atoms with Gasteiger partial charge in [0.25, 0.3) is 0 Å². The van der Waals surface area contributed by atoms with Crippen LogP contribution in [0.15, 0.2) is 52.5 Å². The average Bonchev–Trinajstić information content (AvgIpc) is 2.30. The SMILES string of the molecule is C=C1CCCC(C)(C)/C1=C/Cc1ccccc1Br. The Morgan fingerprint density at radius 3 is 2.72 bits per heavy atom. The molecule has 0 saturated heterocycles. The Morgan fingerprint density at radius 2 is 2.06 bits per heavy atom. The van der Waals surface area contributed by atoms with Crippen molar-refractivity contribution in [3.05, 3.63) is 58.1 Å². The lowest BCUT2D eigenvalue weighted by molar-refractivity contribution is 0.370. The highest BCUT2D eigenvalue weighted by molar-refractivity contribution is 9.10. The third kappa shape index (κ3) is 2.95. The van der Waals surface area contributed by atoms with Gasteiger partial charge in [0.05, 0.1) is 0 Å². The zero-order chi connectivity index (χ0) is 13.2. The molecule has 1 aliphatic rings. The Hall–Kier alpha value is -0.820. The van der Waals surface area contributed by atoms with Crippen LogP contribution in [0.4, 0.5) is 0 Å². The number of hydrogen-bond acceptors (Lipinski definition) is 0. The molecule has 0 radical (unpaired) electrons. The zero-order valence-electron chi connectivity index (χ0n) is 11.3. The fourth-order valence-electron chi connectivity index (χ4n) is 2.79. The summed E-state index contributed by atoms with van der Waals surface area (Å²) in [6.07, 6.45) is 7.07. The monoisotopic (exact) mass is 304 g/mol. The first-order valence-electron chi connectivity index (χ1n) is 6.63. The fraction of sp³-hybridized carbons (Fsp3) is 0.412. The molecule has 1 aromatic rings. The minimum absolute atomic E-state index is 0.288. The van der Waals surface area contributed by atoms with Gasteiger partial charge >= 0.3 is 0 Å². The average molecular weight is 305 g/mol. The second kappa shape index (κ2) is 5.44. The van der Waals surface area contributed by atoms with Crippen molar-refractivity contribution in [3.63, 3.8) is 0 Å². The number of benzene rings is 1. The number of rotatable bonds is 2. The van der Waals surface area contributed by atoms with Gasteiger partial charge in [0, 0.05) is 4.47 Å². The molecule has 0 unspecified atom stereocenters. The molecule has 0 aliphatic heterocycles. The Labute approximate surface area is 119 Å². The van der Waals surface area contributed by atoms with E-state index >= 15 is 0 Å². The summed E-state index contributed by atoms with van der Waals surface area (Å²) in [5, 5.41) is 0. The molecule has 0 bridgehead atoms. The Bertz CT molecular complexity index is 480. The van der Waals surface area contributed by atoms with Crippen molar-refractivity contribution in [3.8, 4) is 0 Å². The van der Waals surface area contributed by atoms with Crippen molar-refractivity contribution in [2.75, 3.05) is 0 Å². The molecule has 1 fully saturated rings. The van der Waals surface area contributed by atoms with E-state index in [0.717, 1.165) is 12.8 Å².